The Morgan fingerprint density at radius 1 is 0.600 bits per heavy atom. The Balaban J connectivity index is -0.000000319. The Kier molecular flexibility index (Phi) is 36.8. The molecule has 55 heavy (non-hydrogen) atoms. The number of allylic oxidation sites excluding steroid dienone is 8. The fourth-order valence-electron chi connectivity index (χ4n) is 9.69. The van der Waals surface area contributed by atoms with E-state index in [4.69, 9.17) is 31.2 Å². The van der Waals surface area contributed by atoms with Crippen molar-refractivity contribution in [1.82, 2.24) is 0 Å². The van der Waals surface area contributed by atoms with Gasteiger partial charge >= 0.3 is 52.3 Å². The molecule has 0 aromatic heterocycles. The second-order valence-electron chi connectivity index (χ2n) is 17.2. The first-order valence-corrected chi connectivity index (χ1v) is 37.5. The van der Waals surface area contributed by atoms with Crippen molar-refractivity contribution in [2.75, 3.05) is 43.1 Å². The Hall–Kier alpha value is 2.68. The quantitative estimate of drug-likeness (QED) is 0.0838. The van der Waals surface area contributed by atoms with Gasteiger partial charge in [0.15, 0.2) is 7.38 Å². The van der Waals surface area contributed by atoms with Gasteiger partial charge in [-0.15, -0.1) is 7.47 Å². The van der Waals surface area contributed by atoms with Crippen LogP contribution in [0.2, 0.25) is 37.3 Å². The zero-order valence-corrected chi connectivity index (χ0v) is 49.3. The van der Waals surface area contributed by atoms with Gasteiger partial charge in [0.2, 0.25) is 0 Å². The van der Waals surface area contributed by atoms with Crippen molar-refractivity contribution in [1.29, 1.82) is 0 Å². The molecule has 0 nitrogen and oxygen atoms in total. The predicted molar refractivity (Wildman–Crippen MR) is 270 cm³/mol. The maximum absolute atomic E-state index is 6.53. The van der Waals surface area contributed by atoms with Gasteiger partial charge in [-0.1, -0.05) is 104 Å². The molecule has 4 unspecified atom stereocenters. The third-order valence-corrected chi connectivity index (χ3v) is 33.8. The molecule has 4 atom stereocenters. The van der Waals surface area contributed by atoms with Crippen LogP contribution in [-0.4, -0.2) is 58.3 Å². The Bertz CT molecular complexity index is 1140. The summed E-state index contributed by atoms with van der Waals surface area (Å²) in [5.74, 6) is 4.86. The molecule has 3 aliphatic carbocycles. The average molecular weight is 947 g/mol. The zero-order chi connectivity index (χ0) is 42.2. The molecule has 0 amide bonds. The number of rotatable bonds is 11. The minimum Gasteiger partial charge on any atom is 1.00 e. The van der Waals surface area contributed by atoms with Crippen molar-refractivity contribution in [3.8, 4) is 0 Å². The van der Waals surface area contributed by atoms with Crippen molar-refractivity contribution in [3.05, 3.63) is 52.0 Å². The van der Waals surface area contributed by atoms with Crippen LogP contribution in [0, 0.1) is 37.0 Å². The van der Waals surface area contributed by atoms with Gasteiger partial charge in [-0.2, -0.15) is 23.4 Å². The predicted octanol–water partition coefficient (Wildman–Crippen LogP) is 15.5. The van der Waals surface area contributed by atoms with Crippen LogP contribution in [0.5, 0.6) is 0 Å². The van der Waals surface area contributed by atoms with Crippen molar-refractivity contribution < 1.29 is 32.2 Å². The molecule has 0 aliphatic heterocycles. The van der Waals surface area contributed by atoms with E-state index >= 15 is 0 Å². The first kappa shape index (κ1) is 64.3. The average Bonchev–Trinajstić information content (AvgIpc) is 3.50. The SMILES string of the molecule is CC1=C(C)C([Si](C)(C)Cl)C(C)=C1C.CCP(CC)[Si](C)(C)C1C(C)=C(C)C(C)=C1C.CC[P-]CC.CC[PH+](CC)CC1C(C)C(C)C(C)C1C.[CH3-].[Cl][Cr+][Cl].[Li+]. The summed E-state index contributed by atoms with van der Waals surface area (Å²) in [7, 11) is 8.75. The van der Waals surface area contributed by atoms with E-state index < -0.39 is 15.1 Å². The van der Waals surface area contributed by atoms with Gasteiger partial charge in [0.1, 0.15) is 0 Å². The van der Waals surface area contributed by atoms with Crippen LogP contribution in [0.15, 0.2) is 44.6 Å². The molecular formula is C45H91Cl3CrLiP3Si2+. The van der Waals surface area contributed by atoms with E-state index in [1.54, 1.807) is 37.0 Å². The molecule has 1 fully saturated rings. The molecule has 1 saturated carbocycles. The summed E-state index contributed by atoms with van der Waals surface area (Å²) in [6.45, 7) is 52.0. The Morgan fingerprint density at radius 2 is 0.891 bits per heavy atom. The number of hydrogen-bond acceptors (Lipinski definition) is 0. The third kappa shape index (κ3) is 18.9. The number of halogens is 3. The molecule has 0 aromatic rings. The van der Waals surface area contributed by atoms with E-state index in [1.165, 1.54) is 59.3 Å². The molecule has 0 spiro atoms. The van der Waals surface area contributed by atoms with Gasteiger partial charge < -0.3 is 16.0 Å². The van der Waals surface area contributed by atoms with E-state index in [0.29, 0.717) is 5.54 Å². The molecule has 0 bridgehead atoms. The van der Waals surface area contributed by atoms with Gasteiger partial charge in [-0.05, 0) is 133 Å². The fraction of sp³-hybridized carbons (Fsp3) is 0.800. The van der Waals surface area contributed by atoms with Crippen molar-refractivity contribution in [3.63, 3.8) is 0 Å². The van der Waals surface area contributed by atoms with Crippen molar-refractivity contribution in [2.45, 2.75) is 162 Å². The fourth-order valence-corrected chi connectivity index (χ4v) is 28.2. The van der Waals surface area contributed by atoms with Gasteiger partial charge in [-0.3, -0.25) is 0 Å². The summed E-state index contributed by atoms with van der Waals surface area (Å²) in [5, 5.41) is 0. The maximum Gasteiger partial charge on any atom is 1.00 e. The summed E-state index contributed by atoms with van der Waals surface area (Å²) >= 11 is 6.35. The largest absolute Gasteiger partial charge is 1.00 e. The molecule has 3 aliphatic rings. The monoisotopic (exact) mass is 944 g/mol. The zero-order valence-electron chi connectivity index (χ0n) is 40.9. The van der Waals surface area contributed by atoms with E-state index in [-0.39, 0.29) is 55.1 Å². The number of hydrogen-bond donors (Lipinski definition) is 0. The van der Waals surface area contributed by atoms with Crippen LogP contribution >= 0.6 is 55.1 Å². The standard InChI is InChI=1S/C15H29PSi.C14H29P.C11H19ClSi.C4H10P.CH3.2ClH.Cr.Li/c1-9-16(10-2)17(7,8)15-13(5)11(3)12(4)14(15)6;1-7-15(8-2)9-14-12(5)10(3)11(4)13(14)6;1-7-8(2)10(4)11(9(7)3)13(5,6)12;1-3-5-4-2;;;;;/h15H,9-10H2,1-8H3;10-14H,7-9H2,1-6H3;11H,1-6H3;3-4H2,1-2H3;1H3;2*1H;;/q;;;2*-1;;;+3;+1/p-1. The van der Waals surface area contributed by atoms with Crippen LogP contribution in [-0.2, 0) is 13.4 Å². The minimum atomic E-state index is -1.58. The summed E-state index contributed by atoms with van der Waals surface area (Å²) in [6, 6.07) is 0. The second-order valence-corrected chi connectivity index (χ2v) is 42.5. The molecule has 321 valence electrons. The van der Waals surface area contributed by atoms with E-state index in [1.807, 2.05) is 0 Å². The minimum absolute atomic E-state index is 0. The van der Waals surface area contributed by atoms with Crippen LogP contribution in [0.1, 0.15) is 125 Å². The Morgan fingerprint density at radius 3 is 1.09 bits per heavy atom. The van der Waals surface area contributed by atoms with Crippen LogP contribution in [0.25, 0.3) is 0 Å². The second kappa shape index (κ2) is 31.5. The van der Waals surface area contributed by atoms with Crippen molar-refractivity contribution in [2.24, 2.45) is 29.6 Å². The van der Waals surface area contributed by atoms with Gasteiger partial charge in [0.05, 0.1) is 26.2 Å². The summed E-state index contributed by atoms with van der Waals surface area (Å²) in [4.78, 5) is 0. The normalized spacial score (nSPS) is 23.0. The molecule has 0 saturated heterocycles. The topological polar surface area (TPSA) is 0 Å². The maximum atomic E-state index is 6.53. The molecule has 3 rings (SSSR count). The molecule has 0 heterocycles. The molecular weight excluding hydrogens is 855 g/mol. The van der Waals surface area contributed by atoms with Crippen molar-refractivity contribution >= 4 is 70.3 Å². The molecule has 0 N–H and O–H groups in total. The van der Waals surface area contributed by atoms with E-state index in [9.17, 15) is 0 Å². The third-order valence-electron chi connectivity index (χ3n) is 14.0. The van der Waals surface area contributed by atoms with E-state index in [0.717, 1.165) is 35.1 Å². The van der Waals surface area contributed by atoms with Gasteiger partial charge in [0, 0.05) is 19.0 Å². The summed E-state index contributed by atoms with van der Waals surface area (Å²) < 4.78 is 0. The van der Waals surface area contributed by atoms with Crippen LogP contribution in [0.3, 0.4) is 0 Å². The molecule has 0 aromatic carbocycles. The van der Waals surface area contributed by atoms with Crippen LogP contribution < -0.4 is 18.9 Å². The summed E-state index contributed by atoms with van der Waals surface area (Å²) in [6.07, 6.45) is 9.99. The van der Waals surface area contributed by atoms with E-state index in [2.05, 4.69) is 151 Å². The first-order valence-electron chi connectivity index (χ1n) is 20.9. The first-order chi connectivity index (χ1) is 24.4. The molecule has 0 radical (unpaired) electrons. The van der Waals surface area contributed by atoms with Gasteiger partial charge in [-0.25, -0.2) is 0 Å². The summed E-state index contributed by atoms with van der Waals surface area (Å²) in [5.41, 5.74) is 13.8. The smallest absolute Gasteiger partial charge is 1.00 e. The molecule has 10 heteroatoms. The van der Waals surface area contributed by atoms with Crippen LogP contribution in [0.4, 0.5) is 0 Å². The van der Waals surface area contributed by atoms with Gasteiger partial charge in [0.25, 0.3) is 0 Å². The Labute approximate surface area is 385 Å².